The lowest BCUT2D eigenvalue weighted by molar-refractivity contribution is 0.315. The highest BCUT2D eigenvalue weighted by molar-refractivity contribution is 9.10. The molecular formula is C17H14BrN5O3S. The number of halogens is 1. The molecule has 2 aromatic carbocycles. The second kappa shape index (κ2) is 6.46. The second-order valence-electron chi connectivity index (χ2n) is 5.93. The van der Waals surface area contributed by atoms with E-state index >= 15 is 0 Å². The summed E-state index contributed by atoms with van der Waals surface area (Å²) in [6.45, 7) is 1.83. The molecule has 0 aliphatic carbocycles. The van der Waals surface area contributed by atoms with Crippen LogP contribution in [0.15, 0.2) is 56.5 Å². The number of aryl methyl sites for hydroxylation is 2. The fourth-order valence-electron chi connectivity index (χ4n) is 2.92. The van der Waals surface area contributed by atoms with Gasteiger partial charge in [-0.1, -0.05) is 34.1 Å². The number of hydrogen-bond donors (Lipinski definition) is 1. The Bertz CT molecular complexity index is 1250. The van der Waals surface area contributed by atoms with Gasteiger partial charge in [0.15, 0.2) is 5.52 Å². The molecule has 0 bridgehead atoms. The predicted octanol–water partition coefficient (Wildman–Crippen LogP) is 3.50. The van der Waals surface area contributed by atoms with Crippen molar-refractivity contribution in [2.24, 2.45) is 7.05 Å². The number of aromatic nitrogens is 4. The van der Waals surface area contributed by atoms with Crippen LogP contribution in [0, 0.1) is 6.92 Å². The van der Waals surface area contributed by atoms with Crippen LogP contribution in [0.5, 0.6) is 0 Å². The van der Waals surface area contributed by atoms with E-state index in [1.54, 1.807) is 19.2 Å². The van der Waals surface area contributed by atoms with Crippen LogP contribution in [0.2, 0.25) is 0 Å². The Morgan fingerprint density at radius 2 is 1.85 bits per heavy atom. The van der Waals surface area contributed by atoms with Crippen molar-refractivity contribution in [3.05, 3.63) is 52.6 Å². The van der Waals surface area contributed by atoms with Gasteiger partial charge in [0.1, 0.15) is 16.2 Å². The molecule has 4 aromatic rings. The van der Waals surface area contributed by atoms with E-state index in [-0.39, 0.29) is 10.4 Å². The molecule has 0 spiro atoms. The third kappa shape index (κ3) is 3.10. The van der Waals surface area contributed by atoms with Crippen molar-refractivity contribution in [1.82, 2.24) is 20.1 Å². The van der Waals surface area contributed by atoms with Gasteiger partial charge in [0.2, 0.25) is 0 Å². The summed E-state index contributed by atoms with van der Waals surface area (Å²) in [7, 11) is -2.25. The van der Waals surface area contributed by atoms with Gasteiger partial charge in [-0.3, -0.25) is 9.40 Å². The first-order chi connectivity index (χ1) is 12.9. The van der Waals surface area contributed by atoms with E-state index < -0.39 is 10.0 Å². The molecule has 0 atom stereocenters. The van der Waals surface area contributed by atoms with Gasteiger partial charge in [-0.25, -0.2) is 13.0 Å². The molecule has 0 aliphatic heterocycles. The number of nitrogens with one attached hydrogen (secondary N) is 1. The average molecular weight is 448 g/mol. The molecule has 2 heterocycles. The van der Waals surface area contributed by atoms with Gasteiger partial charge >= 0.3 is 0 Å². The predicted molar refractivity (Wildman–Crippen MR) is 104 cm³/mol. The van der Waals surface area contributed by atoms with Gasteiger partial charge in [-0.2, -0.15) is 5.10 Å². The van der Waals surface area contributed by atoms with Crippen molar-refractivity contribution in [2.75, 3.05) is 4.72 Å². The molecule has 2 aromatic heterocycles. The normalized spacial score (nSPS) is 11.8. The summed E-state index contributed by atoms with van der Waals surface area (Å²) < 4.78 is 35.8. The van der Waals surface area contributed by atoms with E-state index in [1.165, 1.54) is 10.7 Å². The van der Waals surface area contributed by atoms with Crippen molar-refractivity contribution < 1.29 is 13.0 Å². The lowest BCUT2D eigenvalue weighted by Crippen LogP contribution is -2.16. The Kier molecular flexibility index (Phi) is 4.23. The van der Waals surface area contributed by atoms with Crippen LogP contribution in [-0.4, -0.2) is 28.5 Å². The topological polar surface area (TPSA) is 103 Å². The summed E-state index contributed by atoms with van der Waals surface area (Å²) >= 11 is 3.40. The van der Waals surface area contributed by atoms with Gasteiger partial charge in [-0.05, 0) is 47.1 Å². The van der Waals surface area contributed by atoms with Crippen molar-refractivity contribution in [3.8, 4) is 11.1 Å². The minimum Gasteiger partial charge on any atom is -0.263 e. The van der Waals surface area contributed by atoms with Gasteiger partial charge in [-0.15, -0.1) is 0 Å². The molecule has 27 heavy (non-hydrogen) atoms. The molecule has 0 fully saturated rings. The van der Waals surface area contributed by atoms with Crippen LogP contribution < -0.4 is 4.72 Å². The number of rotatable bonds is 4. The summed E-state index contributed by atoms with van der Waals surface area (Å²) in [6.07, 6.45) is 0. The Hall–Kier alpha value is -2.72. The maximum Gasteiger partial charge on any atom is 0.265 e. The highest BCUT2D eigenvalue weighted by atomic mass is 79.9. The summed E-state index contributed by atoms with van der Waals surface area (Å²) in [4.78, 5) is -0.0122. The summed E-state index contributed by atoms with van der Waals surface area (Å²) in [6, 6.07) is 12.3. The molecule has 0 saturated carbocycles. The average Bonchev–Trinajstić information content (AvgIpc) is 3.20. The number of nitrogens with zero attached hydrogens (tertiary/aromatic N) is 4. The maximum atomic E-state index is 13.0. The van der Waals surface area contributed by atoms with Crippen molar-refractivity contribution in [2.45, 2.75) is 11.8 Å². The highest BCUT2D eigenvalue weighted by Crippen LogP contribution is 2.33. The van der Waals surface area contributed by atoms with Crippen LogP contribution in [0.4, 0.5) is 5.82 Å². The SMILES string of the molecule is Cc1nn(C)c(NS(=O)(=O)c2cccc3nonc23)c1-c1ccc(Br)cc1. The Balaban J connectivity index is 1.83. The molecule has 10 heteroatoms. The molecule has 1 N–H and O–H groups in total. The lowest BCUT2D eigenvalue weighted by atomic mass is 10.1. The molecule has 4 rings (SSSR count). The molecule has 0 unspecified atom stereocenters. The summed E-state index contributed by atoms with van der Waals surface area (Å²) in [5, 5.41) is 11.8. The van der Waals surface area contributed by atoms with E-state index in [4.69, 9.17) is 0 Å². The minimum atomic E-state index is -3.94. The first kappa shape index (κ1) is 17.7. The van der Waals surface area contributed by atoms with Crippen LogP contribution >= 0.6 is 15.9 Å². The lowest BCUT2D eigenvalue weighted by Gasteiger charge is -2.11. The van der Waals surface area contributed by atoms with E-state index in [9.17, 15) is 8.42 Å². The molecule has 0 radical (unpaired) electrons. The monoisotopic (exact) mass is 447 g/mol. The van der Waals surface area contributed by atoms with E-state index in [0.717, 1.165) is 10.0 Å². The third-order valence-corrected chi connectivity index (χ3v) is 6.02. The summed E-state index contributed by atoms with van der Waals surface area (Å²) in [5.41, 5.74) is 2.81. The van der Waals surface area contributed by atoms with Crippen molar-refractivity contribution >= 4 is 42.8 Å². The maximum absolute atomic E-state index is 13.0. The van der Waals surface area contributed by atoms with Gasteiger partial charge in [0.05, 0.1) is 5.69 Å². The first-order valence-electron chi connectivity index (χ1n) is 7.90. The zero-order chi connectivity index (χ0) is 19.2. The van der Waals surface area contributed by atoms with E-state index in [1.807, 2.05) is 31.2 Å². The largest absolute Gasteiger partial charge is 0.265 e. The number of anilines is 1. The highest BCUT2D eigenvalue weighted by Gasteiger charge is 2.25. The molecule has 0 amide bonds. The quantitative estimate of drug-likeness (QED) is 0.513. The van der Waals surface area contributed by atoms with Crippen LogP contribution in [-0.2, 0) is 17.1 Å². The first-order valence-corrected chi connectivity index (χ1v) is 10.2. The van der Waals surface area contributed by atoms with E-state index in [0.29, 0.717) is 22.6 Å². The van der Waals surface area contributed by atoms with Crippen LogP contribution in [0.25, 0.3) is 22.2 Å². The minimum absolute atomic E-state index is 0.0122. The zero-order valence-corrected chi connectivity index (χ0v) is 16.7. The number of benzene rings is 2. The van der Waals surface area contributed by atoms with Crippen molar-refractivity contribution in [3.63, 3.8) is 0 Å². The van der Waals surface area contributed by atoms with Gasteiger partial charge in [0.25, 0.3) is 10.0 Å². The molecule has 0 saturated heterocycles. The third-order valence-electron chi connectivity index (χ3n) is 4.12. The Morgan fingerprint density at radius 3 is 2.59 bits per heavy atom. The standard InChI is InChI=1S/C17H14BrN5O3S/c1-10-15(11-6-8-12(18)9-7-11)17(23(2)19-10)22-27(24,25)14-5-3-4-13-16(14)21-26-20-13/h3-9,22H,1-2H3. The van der Waals surface area contributed by atoms with Crippen molar-refractivity contribution in [1.29, 1.82) is 0 Å². The van der Waals surface area contributed by atoms with Gasteiger partial charge < -0.3 is 0 Å². The second-order valence-corrected chi connectivity index (χ2v) is 8.50. The zero-order valence-electron chi connectivity index (χ0n) is 14.3. The van der Waals surface area contributed by atoms with E-state index in [2.05, 4.69) is 40.7 Å². The molecule has 138 valence electrons. The fourth-order valence-corrected chi connectivity index (χ4v) is 4.43. The Morgan fingerprint density at radius 1 is 1.11 bits per heavy atom. The molecule has 8 nitrogen and oxygen atoms in total. The molecule has 0 aliphatic rings. The number of fused-ring (bicyclic) bond motifs is 1. The molecular weight excluding hydrogens is 434 g/mol. The number of hydrogen-bond acceptors (Lipinski definition) is 6. The summed E-state index contributed by atoms with van der Waals surface area (Å²) in [5.74, 6) is 0.364. The fraction of sp³-hybridized carbons (Fsp3) is 0.118. The number of sulfonamides is 1. The van der Waals surface area contributed by atoms with Crippen LogP contribution in [0.3, 0.4) is 0 Å². The van der Waals surface area contributed by atoms with Crippen LogP contribution in [0.1, 0.15) is 5.69 Å². The van der Waals surface area contributed by atoms with Gasteiger partial charge in [0, 0.05) is 17.1 Å². The smallest absolute Gasteiger partial charge is 0.263 e. The Labute approximate surface area is 163 Å².